The lowest BCUT2D eigenvalue weighted by Crippen LogP contribution is -2.08. The quantitative estimate of drug-likeness (QED) is 0.674. The molecule has 0 aromatic carbocycles. The van der Waals surface area contributed by atoms with Gasteiger partial charge in [0.05, 0.1) is 17.0 Å². The molecule has 2 aromatic rings. The van der Waals surface area contributed by atoms with Gasteiger partial charge in [-0.2, -0.15) is 0 Å². The van der Waals surface area contributed by atoms with Crippen LogP contribution in [0.5, 0.6) is 0 Å². The Labute approximate surface area is 121 Å². The Morgan fingerprint density at radius 3 is 2.80 bits per heavy atom. The molecule has 0 fully saturated rings. The van der Waals surface area contributed by atoms with Gasteiger partial charge in [0.25, 0.3) is 5.69 Å². The molecule has 1 atom stereocenters. The lowest BCUT2D eigenvalue weighted by atomic mass is 10.2. The van der Waals surface area contributed by atoms with Gasteiger partial charge < -0.3 is 5.32 Å². The topological polar surface area (TPSA) is 81.0 Å². The van der Waals surface area contributed by atoms with Crippen molar-refractivity contribution in [3.63, 3.8) is 0 Å². The van der Waals surface area contributed by atoms with E-state index in [1.165, 1.54) is 17.1 Å². The summed E-state index contributed by atoms with van der Waals surface area (Å²) in [6.07, 6.45) is 4.33. The molecule has 2 rings (SSSR count). The maximum atomic E-state index is 10.9. The molecule has 0 aliphatic carbocycles. The Balaban J connectivity index is 2.17. The molecule has 0 spiro atoms. The van der Waals surface area contributed by atoms with Gasteiger partial charge in [-0.3, -0.25) is 10.1 Å². The Kier molecular flexibility index (Phi) is 4.29. The van der Waals surface area contributed by atoms with Crippen LogP contribution in [0, 0.1) is 17.0 Å². The fourth-order valence-corrected chi connectivity index (χ4v) is 2.62. The summed E-state index contributed by atoms with van der Waals surface area (Å²) in [5.41, 5.74) is 0.624. The third-order valence-electron chi connectivity index (χ3n) is 2.93. The zero-order valence-electron chi connectivity index (χ0n) is 11.6. The van der Waals surface area contributed by atoms with Crippen molar-refractivity contribution in [3.05, 3.63) is 44.0 Å². The summed E-state index contributed by atoms with van der Waals surface area (Å²) in [4.78, 5) is 20.3. The highest BCUT2D eigenvalue weighted by atomic mass is 32.1. The van der Waals surface area contributed by atoms with Crippen molar-refractivity contribution < 1.29 is 4.92 Å². The minimum absolute atomic E-state index is 0.0323. The number of rotatable bonds is 5. The van der Waals surface area contributed by atoms with E-state index in [9.17, 15) is 10.1 Å². The summed E-state index contributed by atoms with van der Waals surface area (Å²) in [5, 5.41) is 15.0. The predicted molar refractivity (Wildman–Crippen MR) is 79.2 cm³/mol. The van der Waals surface area contributed by atoms with Crippen molar-refractivity contribution in [2.24, 2.45) is 0 Å². The molecular weight excluding hydrogens is 276 g/mol. The molecule has 0 amide bonds. The van der Waals surface area contributed by atoms with Gasteiger partial charge in [-0.25, -0.2) is 9.97 Å². The SMILES string of the molecule is CCc1cnc(C(C)Nc2cc([N+](=O)[O-])c(C)cn2)s1. The molecule has 7 heteroatoms. The summed E-state index contributed by atoms with van der Waals surface area (Å²) < 4.78 is 0. The lowest BCUT2D eigenvalue weighted by Gasteiger charge is -2.11. The smallest absolute Gasteiger partial charge is 0.277 e. The minimum atomic E-state index is -0.397. The van der Waals surface area contributed by atoms with E-state index in [0.717, 1.165) is 11.4 Å². The third kappa shape index (κ3) is 3.11. The third-order valence-corrected chi connectivity index (χ3v) is 4.25. The van der Waals surface area contributed by atoms with Crippen LogP contribution in [0.25, 0.3) is 0 Å². The number of nitrogens with one attached hydrogen (secondary N) is 1. The number of aromatic nitrogens is 2. The second kappa shape index (κ2) is 5.96. The zero-order chi connectivity index (χ0) is 14.7. The van der Waals surface area contributed by atoms with Crippen LogP contribution in [0.15, 0.2) is 18.5 Å². The molecule has 0 bridgehead atoms. The van der Waals surface area contributed by atoms with Gasteiger partial charge >= 0.3 is 0 Å². The van der Waals surface area contributed by atoms with Crippen LogP contribution < -0.4 is 5.32 Å². The maximum Gasteiger partial charge on any atom is 0.277 e. The first-order valence-electron chi connectivity index (χ1n) is 6.33. The van der Waals surface area contributed by atoms with E-state index in [1.807, 2.05) is 13.1 Å². The second-order valence-corrected chi connectivity index (χ2v) is 5.64. The average Bonchev–Trinajstić information content (AvgIpc) is 2.89. The number of hydrogen-bond donors (Lipinski definition) is 1. The van der Waals surface area contributed by atoms with Crippen LogP contribution in [0.1, 0.15) is 35.3 Å². The normalized spacial score (nSPS) is 12.2. The molecule has 0 saturated carbocycles. The van der Waals surface area contributed by atoms with Crippen molar-refractivity contribution >= 4 is 22.8 Å². The number of anilines is 1. The van der Waals surface area contributed by atoms with Crippen LogP contribution in [-0.2, 0) is 6.42 Å². The predicted octanol–water partition coefficient (Wildman–Crippen LogP) is 3.49. The van der Waals surface area contributed by atoms with Gasteiger partial charge in [-0.1, -0.05) is 6.92 Å². The Morgan fingerprint density at radius 2 is 2.20 bits per heavy atom. The summed E-state index contributed by atoms with van der Waals surface area (Å²) in [6.45, 7) is 5.72. The van der Waals surface area contributed by atoms with E-state index in [1.54, 1.807) is 18.3 Å². The molecule has 2 aromatic heterocycles. The number of nitro groups is 1. The number of nitrogens with zero attached hydrogens (tertiary/aromatic N) is 3. The van der Waals surface area contributed by atoms with Crippen LogP contribution >= 0.6 is 11.3 Å². The fourth-order valence-electron chi connectivity index (χ4n) is 1.76. The van der Waals surface area contributed by atoms with Crippen molar-refractivity contribution in [2.45, 2.75) is 33.2 Å². The molecule has 1 unspecified atom stereocenters. The monoisotopic (exact) mass is 292 g/mol. The molecule has 0 radical (unpaired) electrons. The summed E-state index contributed by atoms with van der Waals surface area (Å²) in [6, 6.07) is 1.43. The molecule has 0 aliphatic heterocycles. The Bertz CT molecular complexity index is 627. The first-order chi connectivity index (χ1) is 9.51. The highest BCUT2D eigenvalue weighted by molar-refractivity contribution is 7.11. The molecule has 20 heavy (non-hydrogen) atoms. The first-order valence-corrected chi connectivity index (χ1v) is 7.15. The van der Waals surface area contributed by atoms with Gasteiger partial charge in [0.1, 0.15) is 10.8 Å². The van der Waals surface area contributed by atoms with Gasteiger partial charge in [0, 0.05) is 22.8 Å². The van der Waals surface area contributed by atoms with Gasteiger partial charge in [0.2, 0.25) is 0 Å². The van der Waals surface area contributed by atoms with Crippen LogP contribution in [0.4, 0.5) is 11.5 Å². The van der Waals surface area contributed by atoms with E-state index >= 15 is 0 Å². The van der Waals surface area contributed by atoms with E-state index < -0.39 is 4.92 Å². The van der Waals surface area contributed by atoms with Crippen molar-refractivity contribution in [1.82, 2.24) is 9.97 Å². The highest BCUT2D eigenvalue weighted by Crippen LogP contribution is 2.25. The van der Waals surface area contributed by atoms with E-state index in [0.29, 0.717) is 11.4 Å². The van der Waals surface area contributed by atoms with E-state index in [-0.39, 0.29) is 11.7 Å². The molecular formula is C13H16N4O2S. The Hall–Kier alpha value is -2.02. The second-order valence-electron chi connectivity index (χ2n) is 4.50. The molecule has 6 nitrogen and oxygen atoms in total. The highest BCUT2D eigenvalue weighted by Gasteiger charge is 2.15. The van der Waals surface area contributed by atoms with Crippen LogP contribution in [0.3, 0.4) is 0 Å². The summed E-state index contributed by atoms with van der Waals surface area (Å²) in [7, 11) is 0. The largest absolute Gasteiger partial charge is 0.361 e. The average molecular weight is 292 g/mol. The molecule has 0 saturated heterocycles. The standard InChI is InChI=1S/C13H16N4O2S/c1-4-10-7-15-13(20-10)9(3)16-12-5-11(17(18)19)8(2)6-14-12/h5-7,9H,4H2,1-3H3,(H,14,16). The summed E-state index contributed by atoms with van der Waals surface area (Å²) >= 11 is 1.64. The van der Waals surface area contributed by atoms with Gasteiger partial charge in [0.15, 0.2) is 0 Å². The van der Waals surface area contributed by atoms with Gasteiger partial charge in [-0.15, -0.1) is 11.3 Å². The zero-order valence-corrected chi connectivity index (χ0v) is 12.4. The van der Waals surface area contributed by atoms with Gasteiger partial charge in [-0.05, 0) is 20.3 Å². The minimum Gasteiger partial charge on any atom is -0.361 e. The lowest BCUT2D eigenvalue weighted by molar-refractivity contribution is -0.385. The first kappa shape index (κ1) is 14.4. The number of hydrogen-bond acceptors (Lipinski definition) is 6. The van der Waals surface area contributed by atoms with Crippen LogP contribution in [0.2, 0.25) is 0 Å². The number of pyridine rings is 1. The molecule has 1 N–H and O–H groups in total. The summed E-state index contributed by atoms with van der Waals surface area (Å²) in [5.74, 6) is 0.489. The van der Waals surface area contributed by atoms with Crippen molar-refractivity contribution in [3.8, 4) is 0 Å². The molecule has 0 aliphatic rings. The fraction of sp³-hybridized carbons (Fsp3) is 0.385. The molecule has 106 valence electrons. The van der Waals surface area contributed by atoms with Crippen LogP contribution in [-0.4, -0.2) is 14.9 Å². The Morgan fingerprint density at radius 1 is 1.45 bits per heavy atom. The molecule has 2 heterocycles. The van der Waals surface area contributed by atoms with E-state index in [4.69, 9.17) is 0 Å². The van der Waals surface area contributed by atoms with Crippen molar-refractivity contribution in [1.29, 1.82) is 0 Å². The number of aryl methyl sites for hydroxylation is 2. The van der Waals surface area contributed by atoms with E-state index in [2.05, 4.69) is 22.2 Å². The maximum absolute atomic E-state index is 10.9. The number of thiazole rings is 1. The van der Waals surface area contributed by atoms with Crippen molar-refractivity contribution in [2.75, 3.05) is 5.32 Å².